The molecule has 0 bridgehead atoms. The van der Waals surface area contributed by atoms with Gasteiger partial charge in [0.1, 0.15) is 0 Å². The maximum Gasteiger partial charge on any atom is 0.0681 e. The molecule has 2 heteroatoms. The van der Waals surface area contributed by atoms with Gasteiger partial charge in [-0.3, -0.25) is 0 Å². The smallest absolute Gasteiger partial charge is 0.0681 e. The summed E-state index contributed by atoms with van der Waals surface area (Å²) in [6.07, 6.45) is 2.63. The Morgan fingerprint density at radius 3 is 2.65 bits per heavy atom. The van der Waals surface area contributed by atoms with Crippen LogP contribution in [0.15, 0.2) is 24.3 Å². The van der Waals surface area contributed by atoms with Gasteiger partial charge in [-0.15, -0.1) is 0 Å². The van der Waals surface area contributed by atoms with Crippen LogP contribution in [0.2, 0.25) is 0 Å². The van der Waals surface area contributed by atoms with E-state index in [0.717, 1.165) is 23.9 Å². The van der Waals surface area contributed by atoms with Crippen LogP contribution in [0.5, 0.6) is 0 Å². The molecule has 94 valence electrons. The molecule has 0 unspecified atom stereocenters. The van der Waals surface area contributed by atoms with E-state index < -0.39 is 0 Å². The lowest BCUT2D eigenvalue weighted by molar-refractivity contribution is 0.167. The van der Waals surface area contributed by atoms with Gasteiger partial charge in [0.2, 0.25) is 0 Å². The van der Waals surface area contributed by atoms with E-state index in [-0.39, 0.29) is 6.61 Å². The minimum Gasteiger partial charge on any atom is -0.392 e. The summed E-state index contributed by atoms with van der Waals surface area (Å²) >= 11 is 0. The Bertz CT molecular complexity index is 356. The third-order valence-corrected chi connectivity index (χ3v) is 3.89. The molecule has 2 rings (SSSR count). The fraction of sp³-hybridized carbons (Fsp3) is 0.600. The maximum atomic E-state index is 9.07. The summed E-state index contributed by atoms with van der Waals surface area (Å²) in [5.74, 6) is 1.74. The molecule has 1 aliphatic rings. The van der Waals surface area contributed by atoms with E-state index in [0.29, 0.717) is 6.04 Å². The highest BCUT2D eigenvalue weighted by Gasteiger charge is 2.30. The first-order valence-corrected chi connectivity index (χ1v) is 6.61. The largest absolute Gasteiger partial charge is 0.392 e. The lowest BCUT2D eigenvalue weighted by Crippen LogP contribution is -2.42. The summed E-state index contributed by atoms with van der Waals surface area (Å²) in [7, 11) is 0. The molecule has 1 aliphatic carbocycles. The molecule has 0 saturated heterocycles. The molecule has 1 aromatic carbocycles. The third kappa shape index (κ3) is 3.30. The number of rotatable bonds is 5. The van der Waals surface area contributed by atoms with Crippen molar-refractivity contribution in [3.05, 3.63) is 35.4 Å². The summed E-state index contributed by atoms with van der Waals surface area (Å²) in [5.41, 5.74) is 2.27. The molecule has 0 radical (unpaired) electrons. The van der Waals surface area contributed by atoms with E-state index in [1.54, 1.807) is 0 Å². The molecule has 2 N–H and O–H groups in total. The van der Waals surface area contributed by atoms with Gasteiger partial charge < -0.3 is 10.4 Å². The van der Waals surface area contributed by atoms with Gasteiger partial charge in [0.25, 0.3) is 0 Å². The van der Waals surface area contributed by atoms with Gasteiger partial charge >= 0.3 is 0 Å². The van der Waals surface area contributed by atoms with E-state index in [2.05, 4.69) is 31.3 Å². The van der Waals surface area contributed by atoms with Crippen molar-refractivity contribution in [3.63, 3.8) is 0 Å². The molecule has 0 heterocycles. The van der Waals surface area contributed by atoms with Crippen LogP contribution in [-0.2, 0) is 13.2 Å². The van der Waals surface area contributed by atoms with Crippen molar-refractivity contribution in [1.29, 1.82) is 0 Å². The fourth-order valence-corrected chi connectivity index (χ4v) is 2.47. The monoisotopic (exact) mass is 233 g/mol. The topological polar surface area (TPSA) is 32.3 Å². The minimum atomic E-state index is 0.132. The predicted octanol–water partition coefficient (Wildman–Crippen LogP) is 2.70. The zero-order chi connectivity index (χ0) is 12.3. The van der Waals surface area contributed by atoms with Crippen molar-refractivity contribution in [1.82, 2.24) is 5.32 Å². The van der Waals surface area contributed by atoms with Crippen molar-refractivity contribution in [3.8, 4) is 0 Å². The van der Waals surface area contributed by atoms with E-state index >= 15 is 0 Å². The fourth-order valence-electron chi connectivity index (χ4n) is 2.47. The van der Waals surface area contributed by atoms with Gasteiger partial charge in [-0.05, 0) is 35.8 Å². The Balaban J connectivity index is 1.75. The Morgan fingerprint density at radius 1 is 1.29 bits per heavy atom. The second-order valence-corrected chi connectivity index (χ2v) is 5.53. The lowest BCUT2D eigenvalue weighted by Gasteiger charge is -2.38. The second-order valence-electron chi connectivity index (χ2n) is 5.53. The normalized spacial score (nSPS) is 23.8. The maximum absolute atomic E-state index is 9.07. The zero-order valence-electron chi connectivity index (χ0n) is 10.8. The average Bonchev–Trinajstić information content (AvgIpc) is 2.27. The first kappa shape index (κ1) is 12.6. The SMILES string of the molecule is CC(C)C1CC(NCc2cccc(CO)c2)C1. The lowest BCUT2D eigenvalue weighted by atomic mass is 9.73. The highest BCUT2D eigenvalue weighted by atomic mass is 16.3. The van der Waals surface area contributed by atoms with Gasteiger partial charge in [-0.1, -0.05) is 38.1 Å². The van der Waals surface area contributed by atoms with E-state index in [9.17, 15) is 0 Å². The van der Waals surface area contributed by atoms with Crippen LogP contribution in [0.1, 0.15) is 37.8 Å². The van der Waals surface area contributed by atoms with Gasteiger partial charge in [0, 0.05) is 12.6 Å². The summed E-state index contributed by atoms with van der Waals surface area (Å²) < 4.78 is 0. The van der Waals surface area contributed by atoms with Crippen LogP contribution >= 0.6 is 0 Å². The summed E-state index contributed by atoms with van der Waals surface area (Å²) in [6, 6.07) is 8.86. The Labute approximate surface area is 104 Å². The summed E-state index contributed by atoms with van der Waals surface area (Å²) in [5, 5.41) is 12.7. The zero-order valence-corrected chi connectivity index (χ0v) is 10.8. The number of aliphatic hydroxyl groups excluding tert-OH is 1. The minimum absolute atomic E-state index is 0.132. The van der Waals surface area contributed by atoms with Crippen molar-refractivity contribution in [2.45, 2.75) is 45.9 Å². The second kappa shape index (κ2) is 5.65. The molecule has 0 amide bonds. The van der Waals surface area contributed by atoms with Gasteiger partial charge in [-0.2, -0.15) is 0 Å². The molecule has 0 atom stereocenters. The molecule has 1 saturated carbocycles. The Morgan fingerprint density at radius 2 is 2.00 bits per heavy atom. The molecular weight excluding hydrogens is 210 g/mol. The number of benzene rings is 1. The van der Waals surface area contributed by atoms with Crippen molar-refractivity contribution in [2.75, 3.05) is 0 Å². The molecule has 1 fully saturated rings. The van der Waals surface area contributed by atoms with Crippen molar-refractivity contribution < 1.29 is 5.11 Å². The Kier molecular flexibility index (Phi) is 4.19. The number of aliphatic hydroxyl groups is 1. The molecule has 17 heavy (non-hydrogen) atoms. The predicted molar refractivity (Wildman–Crippen MR) is 70.6 cm³/mol. The molecule has 0 aromatic heterocycles. The molecule has 1 aromatic rings. The highest BCUT2D eigenvalue weighted by molar-refractivity contribution is 5.22. The van der Waals surface area contributed by atoms with Gasteiger partial charge in [-0.25, -0.2) is 0 Å². The first-order valence-electron chi connectivity index (χ1n) is 6.61. The van der Waals surface area contributed by atoms with E-state index in [4.69, 9.17) is 5.11 Å². The van der Waals surface area contributed by atoms with Crippen molar-refractivity contribution in [2.24, 2.45) is 11.8 Å². The molecular formula is C15H23NO. The van der Waals surface area contributed by atoms with Crippen molar-refractivity contribution >= 4 is 0 Å². The standard InChI is InChI=1S/C15H23NO/c1-11(2)14-7-15(8-14)16-9-12-4-3-5-13(6-12)10-17/h3-6,11,14-17H,7-10H2,1-2H3. The summed E-state index contributed by atoms with van der Waals surface area (Å²) in [4.78, 5) is 0. The Hall–Kier alpha value is -0.860. The quantitative estimate of drug-likeness (QED) is 0.819. The number of hydrogen-bond donors (Lipinski definition) is 2. The van der Waals surface area contributed by atoms with Gasteiger partial charge in [0.05, 0.1) is 6.61 Å². The summed E-state index contributed by atoms with van der Waals surface area (Å²) in [6.45, 7) is 5.67. The third-order valence-electron chi connectivity index (χ3n) is 3.89. The molecule has 0 spiro atoms. The highest BCUT2D eigenvalue weighted by Crippen LogP contribution is 2.33. The first-order chi connectivity index (χ1) is 8.19. The molecule has 0 aliphatic heterocycles. The van der Waals surface area contributed by atoms with E-state index in [1.807, 2.05) is 12.1 Å². The van der Waals surface area contributed by atoms with Crippen LogP contribution in [0.4, 0.5) is 0 Å². The van der Waals surface area contributed by atoms with E-state index in [1.165, 1.54) is 18.4 Å². The van der Waals surface area contributed by atoms with Gasteiger partial charge in [0.15, 0.2) is 0 Å². The average molecular weight is 233 g/mol. The number of hydrogen-bond acceptors (Lipinski definition) is 2. The number of nitrogens with one attached hydrogen (secondary N) is 1. The van der Waals surface area contributed by atoms with Crippen LogP contribution in [0.3, 0.4) is 0 Å². The van der Waals surface area contributed by atoms with Crippen LogP contribution in [0.25, 0.3) is 0 Å². The van der Waals surface area contributed by atoms with Crippen LogP contribution in [0, 0.1) is 11.8 Å². The van der Waals surface area contributed by atoms with Crippen LogP contribution in [-0.4, -0.2) is 11.1 Å². The molecule has 2 nitrogen and oxygen atoms in total. The van der Waals surface area contributed by atoms with Crippen LogP contribution < -0.4 is 5.32 Å².